The van der Waals surface area contributed by atoms with Crippen LogP contribution in [0, 0.1) is 0 Å². The van der Waals surface area contributed by atoms with Crippen LogP contribution in [0.1, 0.15) is 12.2 Å². The molecule has 1 aliphatic rings. The Balaban J connectivity index is 0.000001000. The molecular weight excluding hydrogens is 291 g/mol. The number of benzene rings is 2. The summed E-state index contributed by atoms with van der Waals surface area (Å²) in [6.07, 6.45) is 0. The van der Waals surface area contributed by atoms with E-state index in [1.54, 1.807) is 6.07 Å². The van der Waals surface area contributed by atoms with Crippen molar-refractivity contribution in [2.75, 3.05) is 0 Å². The maximum atomic E-state index is 11.3. The molecule has 0 saturated carbocycles. The largest absolute Gasteiger partial charge is 1.00 e. The Morgan fingerprint density at radius 2 is 1.95 bits per heavy atom. The van der Waals surface area contributed by atoms with E-state index in [4.69, 9.17) is 11.6 Å². The molecule has 1 atom stereocenters. The van der Waals surface area contributed by atoms with Crippen molar-refractivity contribution in [2.24, 2.45) is 0 Å². The average Bonchev–Trinajstić information content (AvgIpc) is 2.37. The normalized spacial score (nSPS) is 15.9. The average molecular weight is 301 g/mol. The molecule has 0 aromatic heterocycles. The Hall–Kier alpha value is -0.450. The topological polar surface area (TPSA) is 37.3 Å². The number of aliphatic carboxylic acids is 1. The van der Waals surface area contributed by atoms with Gasteiger partial charge in [0.05, 0.1) is 0 Å². The number of carboxylic acids is 1. The SMILES string of the molecule is O=C(O)C1Sc2ccc(Cl)cc2-c2ccccc21.[H-].[Na+]. The van der Waals surface area contributed by atoms with E-state index in [2.05, 4.69) is 0 Å². The van der Waals surface area contributed by atoms with Crippen LogP contribution in [0.4, 0.5) is 0 Å². The number of carbonyl (C=O) groups is 1. The van der Waals surface area contributed by atoms with E-state index < -0.39 is 11.2 Å². The summed E-state index contributed by atoms with van der Waals surface area (Å²) < 4.78 is 0. The van der Waals surface area contributed by atoms with Gasteiger partial charge in [-0.3, -0.25) is 4.79 Å². The third kappa shape index (κ3) is 2.71. The summed E-state index contributed by atoms with van der Waals surface area (Å²) in [7, 11) is 0. The second-order valence-electron chi connectivity index (χ2n) is 4.06. The number of halogens is 1. The number of hydrogen-bond acceptors (Lipinski definition) is 2. The van der Waals surface area contributed by atoms with Gasteiger partial charge in [-0.2, -0.15) is 0 Å². The number of rotatable bonds is 1. The Kier molecular flexibility index (Phi) is 4.64. The first-order chi connectivity index (χ1) is 8.66. The van der Waals surface area contributed by atoms with Crippen LogP contribution in [0.15, 0.2) is 47.4 Å². The molecule has 0 fully saturated rings. The summed E-state index contributed by atoms with van der Waals surface area (Å²) >= 11 is 7.37. The molecule has 0 radical (unpaired) electrons. The van der Waals surface area contributed by atoms with Crippen molar-refractivity contribution >= 4 is 29.3 Å². The predicted molar refractivity (Wildman–Crippen MR) is 74.2 cm³/mol. The predicted octanol–water partition coefficient (Wildman–Crippen LogP) is 1.35. The van der Waals surface area contributed by atoms with Gasteiger partial charge < -0.3 is 6.53 Å². The molecule has 0 saturated heterocycles. The number of fused-ring (bicyclic) bond motifs is 3. The fourth-order valence-electron chi connectivity index (χ4n) is 2.16. The number of carboxylic acid groups (broad SMARTS) is 1. The number of hydrogen-bond donors (Lipinski definition) is 1. The Morgan fingerprint density at radius 3 is 2.68 bits per heavy atom. The van der Waals surface area contributed by atoms with Crippen LogP contribution in [0.2, 0.25) is 5.02 Å². The van der Waals surface area contributed by atoms with E-state index >= 15 is 0 Å². The van der Waals surface area contributed by atoms with Crippen molar-refractivity contribution in [2.45, 2.75) is 10.1 Å². The Morgan fingerprint density at radius 1 is 1.21 bits per heavy atom. The van der Waals surface area contributed by atoms with Crippen molar-refractivity contribution < 1.29 is 40.9 Å². The van der Waals surface area contributed by atoms with E-state index in [9.17, 15) is 9.90 Å². The molecule has 1 heterocycles. The molecule has 2 aromatic rings. The van der Waals surface area contributed by atoms with Gasteiger partial charge >= 0.3 is 35.5 Å². The van der Waals surface area contributed by atoms with Gasteiger partial charge in [0.2, 0.25) is 0 Å². The van der Waals surface area contributed by atoms with Crippen LogP contribution < -0.4 is 29.6 Å². The molecule has 0 spiro atoms. The second-order valence-corrected chi connectivity index (χ2v) is 5.65. The minimum absolute atomic E-state index is 0. The van der Waals surface area contributed by atoms with Crippen LogP contribution >= 0.6 is 23.4 Å². The van der Waals surface area contributed by atoms with Crippen LogP contribution in [0.3, 0.4) is 0 Å². The maximum Gasteiger partial charge on any atom is 1.00 e. The van der Waals surface area contributed by atoms with Gasteiger partial charge in [0.25, 0.3) is 0 Å². The summed E-state index contributed by atoms with van der Waals surface area (Å²) in [4.78, 5) is 12.3. The molecule has 1 aliphatic heterocycles. The molecule has 1 N–H and O–H groups in total. The van der Waals surface area contributed by atoms with Gasteiger partial charge in [0.15, 0.2) is 0 Å². The van der Waals surface area contributed by atoms with Crippen molar-refractivity contribution in [1.82, 2.24) is 0 Å². The smallest absolute Gasteiger partial charge is 1.00 e. The third-order valence-corrected chi connectivity index (χ3v) is 4.48. The summed E-state index contributed by atoms with van der Waals surface area (Å²) in [5.74, 6) is -0.812. The second kappa shape index (κ2) is 5.90. The molecule has 1 unspecified atom stereocenters. The molecule has 0 aliphatic carbocycles. The molecule has 0 bridgehead atoms. The van der Waals surface area contributed by atoms with Gasteiger partial charge in [-0.05, 0) is 34.9 Å². The zero-order valence-corrected chi connectivity index (χ0v) is 13.8. The first-order valence-electron chi connectivity index (χ1n) is 5.45. The molecule has 2 nitrogen and oxygen atoms in total. The summed E-state index contributed by atoms with van der Waals surface area (Å²) in [5.41, 5.74) is 2.81. The number of thioether (sulfide) groups is 1. The fourth-order valence-corrected chi connectivity index (χ4v) is 3.46. The van der Waals surface area contributed by atoms with E-state index in [0.717, 1.165) is 21.6 Å². The van der Waals surface area contributed by atoms with Gasteiger partial charge in [0, 0.05) is 9.92 Å². The van der Waals surface area contributed by atoms with Gasteiger partial charge in [-0.15, -0.1) is 11.8 Å². The summed E-state index contributed by atoms with van der Waals surface area (Å²) in [6.45, 7) is 0. The van der Waals surface area contributed by atoms with E-state index in [1.807, 2.05) is 36.4 Å². The molecule has 5 heteroatoms. The summed E-state index contributed by atoms with van der Waals surface area (Å²) in [6, 6.07) is 13.2. The minimum atomic E-state index is -0.812. The van der Waals surface area contributed by atoms with Crippen molar-refractivity contribution in [3.63, 3.8) is 0 Å². The zero-order valence-electron chi connectivity index (χ0n) is 11.3. The third-order valence-electron chi connectivity index (χ3n) is 2.94. The first-order valence-corrected chi connectivity index (χ1v) is 6.71. The standard InChI is InChI=1S/C14H9ClO2S.Na.H/c15-8-5-6-12-11(7-8)9-3-1-2-4-10(9)13(18-12)14(16)17;;/h1-7,13H,(H,16,17);;/q;+1;-1. The van der Waals surface area contributed by atoms with Gasteiger partial charge in [-0.1, -0.05) is 35.9 Å². The maximum absolute atomic E-state index is 11.3. The van der Waals surface area contributed by atoms with Crippen molar-refractivity contribution in [3.05, 3.63) is 53.1 Å². The molecule has 0 amide bonds. The van der Waals surface area contributed by atoms with E-state index in [0.29, 0.717) is 5.02 Å². The van der Waals surface area contributed by atoms with Crippen molar-refractivity contribution in [1.29, 1.82) is 0 Å². The Bertz CT molecular complexity index is 651. The molecule has 3 rings (SSSR count). The minimum Gasteiger partial charge on any atom is -1.00 e. The molecule has 92 valence electrons. The van der Waals surface area contributed by atoms with E-state index in [1.165, 1.54) is 11.8 Å². The van der Waals surface area contributed by atoms with Gasteiger partial charge in [-0.25, -0.2) is 0 Å². The molecular formula is C14H10ClNaO2S. The fraction of sp³-hybridized carbons (Fsp3) is 0.0714. The van der Waals surface area contributed by atoms with Gasteiger partial charge in [0.1, 0.15) is 5.25 Å². The monoisotopic (exact) mass is 300 g/mol. The first kappa shape index (κ1) is 14.9. The Labute approximate surface area is 143 Å². The summed E-state index contributed by atoms with van der Waals surface area (Å²) in [5, 5.41) is 9.44. The van der Waals surface area contributed by atoms with Crippen LogP contribution in [0.25, 0.3) is 11.1 Å². The van der Waals surface area contributed by atoms with Crippen LogP contribution in [0.5, 0.6) is 0 Å². The molecule has 2 aromatic carbocycles. The van der Waals surface area contributed by atoms with Crippen LogP contribution in [-0.2, 0) is 4.79 Å². The molecule has 19 heavy (non-hydrogen) atoms. The quantitative estimate of drug-likeness (QED) is 0.808. The van der Waals surface area contributed by atoms with Crippen LogP contribution in [-0.4, -0.2) is 11.1 Å². The van der Waals surface area contributed by atoms with Crippen molar-refractivity contribution in [3.8, 4) is 11.1 Å². The van der Waals surface area contributed by atoms with E-state index in [-0.39, 0.29) is 31.0 Å². The zero-order chi connectivity index (χ0) is 12.7.